The van der Waals surface area contributed by atoms with Crippen LogP contribution >= 0.6 is 0 Å². The molecule has 0 spiro atoms. The van der Waals surface area contributed by atoms with Crippen LogP contribution in [-0.2, 0) is 17.1 Å². The van der Waals surface area contributed by atoms with E-state index in [-0.39, 0.29) is 10.9 Å². The second kappa shape index (κ2) is 9.96. The molecule has 2 heterocycles. The van der Waals surface area contributed by atoms with Gasteiger partial charge in [-0.1, -0.05) is 13.8 Å². The summed E-state index contributed by atoms with van der Waals surface area (Å²) >= 11 is 0. The van der Waals surface area contributed by atoms with E-state index >= 15 is 0 Å². The molecule has 3 rings (SSSR count). The highest BCUT2D eigenvalue weighted by Gasteiger charge is 2.27. The molecular formula is C22H34N4O3S. The van der Waals surface area contributed by atoms with Crippen molar-refractivity contribution in [1.82, 2.24) is 19.1 Å². The van der Waals surface area contributed by atoms with Crippen molar-refractivity contribution in [2.24, 2.45) is 13.0 Å². The maximum Gasteiger partial charge on any atom is 0.240 e. The van der Waals surface area contributed by atoms with Crippen LogP contribution in [0.4, 0.5) is 0 Å². The Kier molecular flexibility index (Phi) is 7.57. The minimum Gasteiger partial charge on any atom is -0.493 e. The van der Waals surface area contributed by atoms with E-state index in [2.05, 4.69) is 46.1 Å². The van der Waals surface area contributed by atoms with Crippen molar-refractivity contribution < 1.29 is 13.2 Å². The average Bonchev–Trinajstić information content (AvgIpc) is 3.14. The van der Waals surface area contributed by atoms with Crippen LogP contribution < -0.4 is 9.46 Å². The zero-order chi connectivity index (χ0) is 21.7. The highest BCUT2D eigenvalue weighted by atomic mass is 32.2. The summed E-state index contributed by atoms with van der Waals surface area (Å²) < 4.78 is 36.4. The number of nitrogens with one attached hydrogen (secondary N) is 1. The summed E-state index contributed by atoms with van der Waals surface area (Å²) in [4.78, 5) is 4.91. The topological polar surface area (TPSA) is 66.8 Å². The lowest BCUT2D eigenvalue weighted by Crippen LogP contribution is -2.48. The van der Waals surface area contributed by atoms with Crippen LogP contribution in [0.3, 0.4) is 0 Å². The fourth-order valence-corrected chi connectivity index (χ4v) is 4.66. The van der Waals surface area contributed by atoms with Crippen LogP contribution in [0, 0.1) is 5.92 Å². The molecule has 0 amide bonds. The van der Waals surface area contributed by atoms with Crippen LogP contribution in [0.5, 0.6) is 5.75 Å². The lowest BCUT2D eigenvalue weighted by Gasteiger charge is -2.38. The summed E-state index contributed by atoms with van der Waals surface area (Å²) in [6.07, 6.45) is 2.00. The van der Waals surface area contributed by atoms with E-state index in [9.17, 15) is 8.42 Å². The Hall–Kier alpha value is -1.87. The van der Waals surface area contributed by atoms with Gasteiger partial charge in [-0.05, 0) is 49.4 Å². The van der Waals surface area contributed by atoms with Crippen LogP contribution in [0.1, 0.15) is 25.6 Å². The Morgan fingerprint density at radius 1 is 1.03 bits per heavy atom. The molecule has 1 aromatic heterocycles. The molecule has 1 unspecified atom stereocenters. The fourth-order valence-electron chi connectivity index (χ4n) is 3.62. The third-order valence-corrected chi connectivity index (χ3v) is 6.93. The molecule has 0 saturated carbocycles. The number of aromatic nitrogens is 1. The molecule has 0 aliphatic carbocycles. The van der Waals surface area contributed by atoms with Crippen LogP contribution in [-0.4, -0.2) is 69.2 Å². The molecule has 1 N–H and O–H groups in total. The Bertz CT molecular complexity index is 901. The van der Waals surface area contributed by atoms with Crippen LogP contribution in [0.2, 0.25) is 0 Å². The van der Waals surface area contributed by atoms with E-state index in [0.717, 1.165) is 31.9 Å². The third kappa shape index (κ3) is 5.85. The molecule has 1 atom stereocenters. The molecule has 1 aromatic carbocycles. The molecular weight excluding hydrogens is 400 g/mol. The van der Waals surface area contributed by atoms with Crippen molar-refractivity contribution in [3.05, 3.63) is 48.3 Å². The van der Waals surface area contributed by atoms with Crippen LogP contribution in [0.25, 0.3) is 0 Å². The number of aryl methyl sites for hydroxylation is 1. The lowest BCUT2D eigenvalue weighted by molar-refractivity contribution is 0.109. The van der Waals surface area contributed by atoms with Gasteiger partial charge in [-0.3, -0.25) is 4.90 Å². The van der Waals surface area contributed by atoms with E-state index in [4.69, 9.17) is 4.74 Å². The maximum absolute atomic E-state index is 12.9. The first-order valence-electron chi connectivity index (χ1n) is 10.5. The van der Waals surface area contributed by atoms with Gasteiger partial charge in [0, 0.05) is 51.7 Å². The summed E-state index contributed by atoms with van der Waals surface area (Å²) in [6, 6.07) is 10.7. The molecule has 1 saturated heterocycles. The zero-order valence-corrected chi connectivity index (χ0v) is 19.2. The minimum absolute atomic E-state index is 0.0119. The van der Waals surface area contributed by atoms with Gasteiger partial charge in [-0.2, -0.15) is 0 Å². The minimum atomic E-state index is -3.61. The van der Waals surface area contributed by atoms with Crippen molar-refractivity contribution in [3.8, 4) is 5.75 Å². The van der Waals surface area contributed by atoms with E-state index in [1.54, 1.807) is 24.3 Å². The molecule has 2 aromatic rings. The fraction of sp³-hybridized carbons (Fsp3) is 0.545. The van der Waals surface area contributed by atoms with Crippen molar-refractivity contribution in [1.29, 1.82) is 0 Å². The molecule has 1 aliphatic heterocycles. The number of hydrogen-bond donors (Lipinski definition) is 1. The highest BCUT2D eigenvalue weighted by Crippen LogP contribution is 2.23. The van der Waals surface area contributed by atoms with Gasteiger partial charge >= 0.3 is 0 Å². The standard InChI is InChI=1S/C22H34N4O3S/c1-18(2)17-29-19-7-9-20(10-8-19)30(27,28)23-16-22(21-6-5-11-25(21)4)26-14-12-24(3)13-15-26/h5-11,18,22-23H,12-17H2,1-4H3. The third-order valence-electron chi connectivity index (χ3n) is 5.49. The number of likely N-dealkylation sites (N-methyl/N-ethyl adjacent to an activating group) is 1. The summed E-state index contributed by atoms with van der Waals surface area (Å²) in [5.74, 6) is 1.10. The Labute approximate surface area is 180 Å². The average molecular weight is 435 g/mol. The van der Waals surface area contributed by atoms with Crippen LogP contribution in [0.15, 0.2) is 47.5 Å². The van der Waals surface area contributed by atoms with E-state index in [1.165, 1.54) is 0 Å². The SMILES string of the molecule is CC(C)COc1ccc(S(=O)(=O)NCC(c2cccn2C)N2CCN(C)CC2)cc1. The monoisotopic (exact) mass is 434 g/mol. The summed E-state index contributed by atoms with van der Waals surface area (Å²) in [7, 11) is 0.511. The van der Waals surface area contributed by atoms with Gasteiger partial charge in [0.25, 0.3) is 0 Å². The van der Waals surface area contributed by atoms with Crippen molar-refractivity contribution in [3.63, 3.8) is 0 Å². The Morgan fingerprint density at radius 2 is 1.70 bits per heavy atom. The Balaban J connectivity index is 1.70. The summed E-state index contributed by atoms with van der Waals surface area (Å²) in [5, 5.41) is 0. The molecule has 1 fully saturated rings. The first-order chi connectivity index (χ1) is 14.3. The second-order valence-electron chi connectivity index (χ2n) is 8.43. The molecule has 7 nitrogen and oxygen atoms in total. The first kappa shape index (κ1) is 22.8. The molecule has 1 aliphatic rings. The predicted octanol–water partition coefficient (Wildman–Crippen LogP) is 2.33. The quantitative estimate of drug-likeness (QED) is 0.656. The van der Waals surface area contributed by atoms with Gasteiger partial charge in [0.1, 0.15) is 5.75 Å². The highest BCUT2D eigenvalue weighted by molar-refractivity contribution is 7.89. The van der Waals surface area contributed by atoms with Gasteiger partial charge < -0.3 is 14.2 Å². The lowest BCUT2D eigenvalue weighted by atomic mass is 10.1. The van der Waals surface area contributed by atoms with Crippen molar-refractivity contribution in [2.45, 2.75) is 24.8 Å². The Morgan fingerprint density at radius 3 is 2.27 bits per heavy atom. The molecule has 30 heavy (non-hydrogen) atoms. The van der Waals surface area contributed by atoms with Gasteiger partial charge in [0.2, 0.25) is 10.0 Å². The molecule has 8 heteroatoms. The number of rotatable bonds is 9. The van der Waals surface area contributed by atoms with E-state index in [0.29, 0.717) is 24.8 Å². The van der Waals surface area contributed by atoms with E-state index in [1.807, 2.05) is 19.3 Å². The number of ether oxygens (including phenoxy) is 1. The number of nitrogens with zero attached hydrogens (tertiary/aromatic N) is 3. The van der Waals surface area contributed by atoms with Crippen molar-refractivity contribution in [2.75, 3.05) is 46.4 Å². The summed E-state index contributed by atoms with van der Waals surface area (Å²) in [6.45, 7) is 8.87. The van der Waals surface area contributed by atoms with E-state index < -0.39 is 10.0 Å². The van der Waals surface area contributed by atoms with Gasteiger partial charge in [0.05, 0.1) is 17.5 Å². The van der Waals surface area contributed by atoms with Gasteiger partial charge in [0.15, 0.2) is 0 Å². The van der Waals surface area contributed by atoms with Crippen molar-refractivity contribution >= 4 is 10.0 Å². The predicted molar refractivity (Wildman–Crippen MR) is 119 cm³/mol. The smallest absolute Gasteiger partial charge is 0.240 e. The molecule has 166 valence electrons. The normalized spacial score (nSPS) is 17.4. The van der Waals surface area contributed by atoms with Gasteiger partial charge in [-0.25, -0.2) is 13.1 Å². The zero-order valence-electron chi connectivity index (χ0n) is 18.4. The maximum atomic E-state index is 12.9. The number of benzene rings is 1. The number of hydrogen-bond acceptors (Lipinski definition) is 5. The second-order valence-corrected chi connectivity index (χ2v) is 10.2. The first-order valence-corrected chi connectivity index (χ1v) is 12.0. The molecule has 0 radical (unpaired) electrons. The largest absolute Gasteiger partial charge is 0.493 e. The van der Waals surface area contributed by atoms with Gasteiger partial charge in [-0.15, -0.1) is 0 Å². The number of piperazine rings is 1. The summed E-state index contributed by atoms with van der Waals surface area (Å²) in [5.41, 5.74) is 1.11. The number of sulfonamides is 1. The molecule has 0 bridgehead atoms.